The zero-order chi connectivity index (χ0) is 15.3. The third kappa shape index (κ3) is 5.81. The van der Waals surface area contributed by atoms with Gasteiger partial charge >= 0.3 is 21.5 Å². The van der Waals surface area contributed by atoms with Crippen LogP contribution in [0.15, 0.2) is 0 Å². The van der Waals surface area contributed by atoms with Gasteiger partial charge in [-0.25, -0.2) is 12.3 Å². The Balaban J connectivity index is 4.83. The molecule has 0 aliphatic carbocycles. The standard InChI is InChI=1S/C9H14F6O3Si/c1-3-5-17-6-4-8(2,9(10,11)12)7(16)18-19(13,14)15/h3-6H2,1-2H3. The van der Waals surface area contributed by atoms with Gasteiger partial charge < -0.3 is 9.16 Å². The molecule has 0 aliphatic rings. The molecule has 0 fully saturated rings. The van der Waals surface area contributed by atoms with Crippen LogP contribution in [-0.4, -0.2) is 34.7 Å². The summed E-state index contributed by atoms with van der Waals surface area (Å²) in [6, 6.07) is 0. The van der Waals surface area contributed by atoms with Crippen LogP contribution in [-0.2, 0) is 14.0 Å². The van der Waals surface area contributed by atoms with E-state index in [0.717, 1.165) is 0 Å². The van der Waals surface area contributed by atoms with E-state index in [1.807, 2.05) is 0 Å². The van der Waals surface area contributed by atoms with Crippen molar-refractivity contribution in [3.8, 4) is 0 Å². The van der Waals surface area contributed by atoms with Crippen molar-refractivity contribution in [3.63, 3.8) is 0 Å². The van der Waals surface area contributed by atoms with Gasteiger partial charge in [0.2, 0.25) is 0 Å². The minimum Gasteiger partial charge on any atom is -0.442 e. The Morgan fingerprint density at radius 1 is 1.16 bits per heavy atom. The van der Waals surface area contributed by atoms with Gasteiger partial charge in [-0.3, -0.25) is 4.79 Å². The molecule has 0 bridgehead atoms. The van der Waals surface area contributed by atoms with Gasteiger partial charge in [0.1, 0.15) is 0 Å². The fourth-order valence-corrected chi connectivity index (χ4v) is 1.54. The van der Waals surface area contributed by atoms with E-state index in [9.17, 15) is 30.3 Å². The maximum absolute atomic E-state index is 12.7. The first kappa shape index (κ1) is 18.2. The summed E-state index contributed by atoms with van der Waals surface area (Å²) in [7, 11) is -6.85. The Morgan fingerprint density at radius 3 is 2.05 bits per heavy atom. The summed E-state index contributed by atoms with van der Waals surface area (Å²) >= 11 is 0. The van der Waals surface area contributed by atoms with Gasteiger partial charge in [-0.1, -0.05) is 6.92 Å². The zero-order valence-electron chi connectivity index (χ0n) is 10.3. The molecule has 0 aromatic carbocycles. The maximum atomic E-state index is 12.7. The highest BCUT2D eigenvalue weighted by molar-refractivity contribution is 6.53. The quantitative estimate of drug-likeness (QED) is 0.313. The summed E-state index contributed by atoms with van der Waals surface area (Å²) in [4.78, 5) is 11.1. The molecule has 0 amide bonds. The Kier molecular flexibility index (Phi) is 6.33. The second-order valence-corrected chi connectivity index (χ2v) is 5.12. The highest BCUT2D eigenvalue weighted by atomic mass is 28.5. The smallest absolute Gasteiger partial charge is 0.442 e. The molecule has 0 N–H and O–H groups in total. The monoisotopic (exact) mass is 312 g/mol. The summed E-state index contributed by atoms with van der Waals surface area (Å²) in [6.07, 6.45) is -5.51. The van der Waals surface area contributed by atoms with E-state index in [2.05, 4.69) is 4.43 Å². The highest BCUT2D eigenvalue weighted by Crippen LogP contribution is 2.42. The fourth-order valence-electron chi connectivity index (χ4n) is 1.10. The number of carbonyl (C=O) groups is 1. The molecule has 0 aliphatic heterocycles. The van der Waals surface area contributed by atoms with E-state index in [4.69, 9.17) is 4.74 Å². The van der Waals surface area contributed by atoms with Crippen LogP contribution in [0.25, 0.3) is 0 Å². The van der Waals surface area contributed by atoms with Crippen molar-refractivity contribution < 1.29 is 39.5 Å². The Hall–Kier alpha value is -0.773. The van der Waals surface area contributed by atoms with E-state index in [1.165, 1.54) is 0 Å². The van der Waals surface area contributed by atoms with Crippen LogP contribution in [0, 0.1) is 5.41 Å². The Morgan fingerprint density at radius 2 is 1.68 bits per heavy atom. The molecule has 0 radical (unpaired) electrons. The molecule has 0 aromatic heterocycles. The van der Waals surface area contributed by atoms with E-state index in [0.29, 0.717) is 13.3 Å². The minimum atomic E-state index is -6.85. The van der Waals surface area contributed by atoms with Crippen molar-refractivity contribution in [3.05, 3.63) is 0 Å². The van der Waals surface area contributed by atoms with Crippen LogP contribution < -0.4 is 0 Å². The number of alkyl halides is 3. The van der Waals surface area contributed by atoms with Crippen molar-refractivity contribution in [2.75, 3.05) is 13.2 Å². The van der Waals surface area contributed by atoms with E-state index < -0.39 is 39.9 Å². The minimum absolute atomic E-state index is 0.164. The van der Waals surface area contributed by atoms with Gasteiger partial charge in [0, 0.05) is 13.2 Å². The predicted molar refractivity (Wildman–Crippen MR) is 55.1 cm³/mol. The van der Waals surface area contributed by atoms with Gasteiger partial charge in [-0.15, -0.1) is 0 Å². The molecule has 0 rings (SSSR count). The highest BCUT2D eigenvalue weighted by Gasteiger charge is 2.61. The lowest BCUT2D eigenvalue weighted by molar-refractivity contribution is -0.230. The van der Waals surface area contributed by atoms with E-state index >= 15 is 0 Å². The Labute approximate surface area is 107 Å². The van der Waals surface area contributed by atoms with Crippen molar-refractivity contribution in [2.45, 2.75) is 32.9 Å². The molecular formula is C9H14F6O3Si. The first-order valence-electron chi connectivity index (χ1n) is 5.38. The summed E-state index contributed by atoms with van der Waals surface area (Å²) < 4.78 is 81.9. The van der Waals surface area contributed by atoms with E-state index in [1.54, 1.807) is 6.92 Å². The van der Waals surface area contributed by atoms with Crippen LogP contribution >= 0.6 is 0 Å². The lowest BCUT2D eigenvalue weighted by Crippen LogP contribution is -2.47. The molecule has 0 saturated heterocycles. The number of hydrogen-bond donors (Lipinski definition) is 0. The molecular weight excluding hydrogens is 298 g/mol. The molecule has 0 spiro atoms. The SMILES string of the molecule is CCCOCCC(C)(C(=O)O[Si](F)(F)F)C(F)(F)F. The summed E-state index contributed by atoms with van der Waals surface area (Å²) in [6.45, 7) is 1.78. The van der Waals surface area contributed by atoms with Gasteiger partial charge in [0.15, 0.2) is 5.41 Å². The van der Waals surface area contributed by atoms with Crippen molar-refractivity contribution in [2.24, 2.45) is 5.41 Å². The molecule has 3 nitrogen and oxygen atoms in total. The van der Waals surface area contributed by atoms with Crippen molar-refractivity contribution in [1.29, 1.82) is 0 Å². The summed E-state index contributed by atoms with van der Waals surface area (Å²) in [5.74, 6) is -2.32. The summed E-state index contributed by atoms with van der Waals surface area (Å²) in [5.41, 5.74) is -3.22. The molecule has 19 heavy (non-hydrogen) atoms. The van der Waals surface area contributed by atoms with Crippen LogP contribution in [0.3, 0.4) is 0 Å². The number of rotatable bonds is 7. The van der Waals surface area contributed by atoms with Crippen LogP contribution in [0.4, 0.5) is 25.5 Å². The lowest BCUT2D eigenvalue weighted by Gasteiger charge is -2.29. The lowest BCUT2D eigenvalue weighted by atomic mass is 9.86. The average molecular weight is 312 g/mol. The number of halogens is 6. The van der Waals surface area contributed by atoms with Gasteiger partial charge in [-0.2, -0.15) is 13.2 Å². The second-order valence-electron chi connectivity index (χ2n) is 4.03. The van der Waals surface area contributed by atoms with Gasteiger partial charge in [-0.05, 0) is 19.8 Å². The van der Waals surface area contributed by atoms with Crippen molar-refractivity contribution in [1.82, 2.24) is 0 Å². The van der Waals surface area contributed by atoms with Crippen LogP contribution in [0.1, 0.15) is 26.7 Å². The third-order valence-electron chi connectivity index (χ3n) is 2.38. The topological polar surface area (TPSA) is 35.5 Å². The Bertz CT molecular complexity index is 303. The normalized spacial score (nSPS) is 16.0. The number of hydrogen-bond acceptors (Lipinski definition) is 3. The largest absolute Gasteiger partial charge is 0.877 e. The number of ether oxygens (including phenoxy) is 1. The fraction of sp³-hybridized carbons (Fsp3) is 0.889. The molecule has 1 unspecified atom stereocenters. The third-order valence-corrected chi connectivity index (χ3v) is 2.80. The predicted octanol–water partition coefficient (Wildman–Crippen LogP) is 3.26. The zero-order valence-corrected chi connectivity index (χ0v) is 11.3. The molecule has 0 aromatic rings. The van der Waals surface area contributed by atoms with E-state index in [-0.39, 0.29) is 6.61 Å². The second kappa shape index (κ2) is 6.59. The average Bonchev–Trinajstić information content (AvgIpc) is 2.19. The van der Waals surface area contributed by atoms with Gasteiger partial charge in [0.25, 0.3) is 0 Å². The maximum Gasteiger partial charge on any atom is 0.877 e. The van der Waals surface area contributed by atoms with Crippen LogP contribution in [0.5, 0.6) is 0 Å². The molecule has 10 heteroatoms. The molecule has 1 atom stereocenters. The molecule has 114 valence electrons. The first-order valence-corrected chi connectivity index (χ1v) is 6.93. The van der Waals surface area contributed by atoms with Crippen molar-refractivity contribution >= 4 is 15.3 Å². The molecule has 0 heterocycles. The summed E-state index contributed by atoms with van der Waals surface area (Å²) in [5, 5.41) is 0. The van der Waals surface area contributed by atoms with Gasteiger partial charge in [0.05, 0.1) is 0 Å². The first-order chi connectivity index (χ1) is 8.44. The van der Waals surface area contributed by atoms with Crippen LogP contribution in [0.2, 0.25) is 0 Å². The number of carbonyl (C=O) groups excluding carboxylic acids is 1. The molecule has 0 saturated carbocycles.